The van der Waals surface area contributed by atoms with Crippen LogP contribution in [0.4, 0.5) is 4.79 Å². The fourth-order valence-electron chi connectivity index (χ4n) is 2.68. The van der Waals surface area contributed by atoms with Crippen LogP contribution >= 0.6 is 11.6 Å². The number of carbonyl (C=O) groups is 3. The second-order valence-electron chi connectivity index (χ2n) is 6.13. The smallest absolute Gasteiger partial charge is 0.410 e. The number of hydrogen-bond acceptors (Lipinski definition) is 4. The number of nitrogens with one attached hydrogen (secondary N) is 1. The van der Waals surface area contributed by atoms with Gasteiger partial charge in [-0.05, 0) is 25.0 Å². The third kappa shape index (κ3) is 4.26. The Labute approximate surface area is 145 Å². The Balaban J connectivity index is 1.38. The van der Waals surface area contributed by atoms with Gasteiger partial charge in [0.05, 0.1) is 13.1 Å². The molecule has 2 fully saturated rings. The van der Waals surface area contributed by atoms with Crippen LogP contribution in [0.25, 0.3) is 0 Å². The molecular weight excluding hydrogens is 332 g/mol. The Hall–Kier alpha value is -2.08. The molecule has 1 aromatic rings. The van der Waals surface area contributed by atoms with E-state index in [0.717, 1.165) is 12.8 Å². The molecule has 7 heteroatoms. The number of carbonyl (C=O) groups excluding carboxylic acids is 3. The van der Waals surface area contributed by atoms with Crippen LogP contribution in [0, 0.1) is 0 Å². The summed E-state index contributed by atoms with van der Waals surface area (Å²) < 4.78 is 5.22. The highest BCUT2D eigenvalue weighted by Crippen LogP contribution is 2.30. The minimum atomic E-state index is -0.314. The lowest BCUT2D eigenvalue weighted by molar-refractivity contribution is -0.121. The van der Waals surface area contributed by atoms with Crippen LogP contribution in [0.15, 0.2) is 24.3 Å². The van der Waals surface area contributed by atoms with Crippen molar-refractivity contribution in [2.45, 2.75) is 37.8 Å². The number of hydrogen-bond donors (Lipinski definition) is 1. The first kappa shape index (κ1) is 16.8. The van der Waals surface area contributed by atoms with Gasteiger partial charge in [0.1, 0.15) is 6.10 Å². The molecule has 1 saturated carbocycles. The largest absolute Gasteiger partial charge is 0.442 e. The first-order valence-electron chi connectivity index (χ1n) is 8.05. The van der Waals surface area contributed by atoms with Gasteiger partial charge in [-0.2, -0.15) is 0 Å². The number of nitrogens with zero attached hydrogens (tertiary/aromatic N) is 1. The molecule has 2 aliphatic rings. The summed E-state index contributed by atoms with van der Waals surface area (Å²) in [4.78, 5) is 37.3. The van der Waals surface area contributed by atoms with Crippen LogP contribution in [-0.2, 0) is 9.53 Å². The van der Waals surface area contributed by atoms with E-state index in [2.05, 4.69) is 5.32 Å². The number of halogens is 1. The summed E-state index contributed by atoms with van der Waals surface area (Å²) in [6, 6.07) is 6.98. The molecule has 3 rings (SSSR count). The van der Waals surface area contributed by atoms with E-state index in [1.165, 1.54) is 0 Å². The lowest BCUT2D eigenvalue weighted by Gasteiger charge is -2.11. The fraction of sp³-hybridized carbons (Fsp3) is 0.471. The summed E-state index contributed by atoms with van der Waals surface area (Å²) in [6.45, 7) is 0.796. The van der Waals surface area contributed by atoms with Gasteiger partial charge in [-0.15, -0.1) is 0 Å². The zero-order valence-electron chi connectivity index (χ0n) is 13.2. The van der Waals surface area contributed by atoms with E-state index in [1.54, 1.807) is 29.2 Å². The molecule has 24 heavy (non-hydrogen) atoms. The van der Waals surface area contributed by atoms with Gasteiger partial charge in [-0.25, -0.2) is 4.79 Å². The second kappa shape index (κ2) is 7.21. The van der Waals surface area contributed by atoms with Crippen molar-refractivity contribution in [3.8, 4) is 0 Å². The lowest BCUT2D eigenvalue weighted by atomic mass is 10.1. The number of ketones is 1. The monoisotopic (exact) mass is 350 g/mol. The van der Waals surface area contributed by atoms with Crippen LogP contribution in [0.2, 0.25) is 5.02 Å². The molecule has 0 bridgehead atoms. The molecule has 1 aliphatic carbocycles. The minimum absolute atomic E-state index is 0.0956. The number of rotatable bonds is 7. The molecule has 128 valence electrons. The maximum absolute atomic E-state index is 12.0. The van der Waals surface area contributed by atoms with Crippen molar-refractivity contribution in [3.63, 3.8) is 0 Å². The van der Waals surface area contributed by atoms with Crippen molar-refractivity contribution in [2.24, 2.45) is 0 Å². The summed E-state index contributed by atoms with van der Waals surface area (Å²) >= 11 is 5.85. The van der Waals surface area contributed by atoms with Gasteiger partial charge in [0.2, 0.25) is 5.91 Å². The quantitative estimate of drug-likeness (QED) is 0.766. The van der Waals surface area contributed by atoms with Crippen molar-refractivity contribution < 1.29 is 19.1 Å². The van der Waals surface area contributed by atoms with E-state index in [0.29, 0.717) is 23.2 Å². The van der Waals surface area contributed by atoms with Crippen molar-refractivity contribution in [1.29, 1.82) is 0 Å². The SMILES string of the molecule is O=C(CCC(=O)c1cccc(Cl)c1)NCC1CN(C2CC2)C(=O)O1. The highest BCUT2D eigenvalue weighted by atomic mass is 35.5. The number of ether oxygens (including phenoxy) is 1. The van der Waals surface area contributed by atoms with Gasteiger partial charge in [-0.3, -0.25) is 9.59 Å². The third-order valence-electron chi connectivity index (χ3n) is 4.14. The van der Waals surface area contributed by atoms with Gasteiger partial charge in [0.15, 0.2) is 5.78 Å². The van der Waals surface area contributed by atoms with Gasteiger partial charge >= 0.3 is 6.09 Å². The van der Waals surface area contributed by atoms with E-state index in [-0.39, 0.29) is 43.3 Å². The molecule has 0 radical (unpaired) electrons. The molecule has 6 nitrogen and oxygen atoms in total. The third-order valence-corrected chi connectivity index (χ3v) is 4.38. The zero-order chi connectivity index (χ0) is 17.1. The normalized spacial score (nSPS) is 20.0. The maximum Gasteiger partial charge on any atom is 0.410 e. The van der Waals surface area contributed by atoms with Crippen LogP contribution < -0.4 is 5.32 Å². The number of amides is 2. The maximum atomic E-state index is 12.0. The van der Waals surface area contributed by atoms with Crippen molar-refractivity contribution in [1.82, 2.24) is 10.2 Å². The Bertz CT molecular complexity index is 660. The molecule has 1 aromatic carbocycles. The molecule has 0 aromatic heterocycles. The predicted molar refractivity (Wildman–Crippen MR) is 88.0 cm³/mol. The molecule has 0 spiro atoms. The summed E-state index contributed by atoms with van der Waals surface area (Å²) in [5, 5.41) is 3.22. The van der Waals surface area contributed by atoms with Crippen LogP contribution in [-0.4, -0.2) is 47.9 Å². The molecule has 1 heterocycles. The standard InChI is InChI=1S/C17H19ClN2O4/c18-12-3-1-2-11(8-12)15(21)6-7-16(22)19-9-14-10-20(13-4-5-13)17(23)24-14/h1-3,8,13-14H,4-7,9-10H2,(H,19,22). The summed E-state index contributed by atoms with van der Waals surface area (Å²) in [5.41, 5.74) is 0.500. The lowest BCUT2D eigenvalue weighted by Crippen LogP contribution is -2.35. The van der Waals surface area contributed by atoms with E-state index >= 15 is 0 Å². The average Bonchev–Trinajstić information content (AvgIpc) is 3.33. The molecule has 1 N–H and O–H groups in total. The van der Waals surface area contributed by atoms with E-state index in [1.807, 2.05) is 0 Å². The van der Waals surface area contributed by atoms with Crippen molar-refractivity contribution in [3.05, 3.63) is 34.9 Å². The Morgan fingerprint density at radius 2 is 2.08 bits per heavy atom. The molecular formula is C17H19ClN2O4. The van der Waals surface area contributed by atoms with Gasteiger partial charge in [-0.1, -0.05) is 23.7 Å². The highest BCUT2D eigenvalue weighted by Gasteiger charge is 2.40. The topological polar surface area (TPSA) is 75.7 Å². The first-order chi connectivity index (χ1) is 11.5. The van der Waals surface area contributed by atoms with E-state index in [4.69, 9.17) is 16.3 Å². The number of cyclic esters (lactones) is 1. The Kier molecular flexibility index (Phi) is 5.04. The Morgan fingerprint density at radius 1 is 1.29 bits per heavy atom. The molecule has 1 unspecified atom stereocenters. The van der Waals surface area contributed by atoms with Crippen LogP contribution in [0.3, 0.4) is 0 Å². The Morgan fingerprint density at radius 3 is 2.79 bits per heavy atom. The molecule has 2 amide bonds. The molecule has 1 atom stereocenters. The van der Waals surface area contributed by atoms with Gasteiger partial charge in [0.25, 0.3) is 0 Å². The second-order valence-corrected chi connectivity index (χ2v) is 6.56. The van der Waals surface area contributed by atoms with Crippen molar-refractivity contribution in [2.75, 3.05) is 13.1 Å². The van der Waals surface area contributed by atoms with E-state index < -0.39 is 0 Å². The van der Waals surface area contributed by atoms with Gasteiger partial charge < -0.3 is 15.0 Å². The highest BCUT2D eigenvalue weighted by molar-refractivity contribution is 6.31. The van der Waals surface area contributed by atoms with E-state index in [9.17, 15) is 14.4 Å². The summed E-state index contributed by atoms with van der Waals surface area (Å²) in [5.74, 6) is -0.355. The minimum Gasteiger partial charge on any atom is -0.442 e. The molecule has 1 aliphatic heterocycles. The summed E-state index contributed by atoms with van der Waals surface area (Å²) in [6.07, 6.45) is 1.65. The molecule has 1 saturated heterocycles. The predicted octanol–water partition coefficient (Wildman–Crippen LogP) is 2.40. The number of Topliss-reactive ketones (excluding diaryl/α,β-unsaturated/α-hetero) is 1. The summed E-state index contributed by atoms with van der Waals surface area (Å²) in [7, 11) is 0. The fourth-order valence-corrected chi connectivity index (χ4v) is 2.87. The van der Waals surface area contributed by atoms with Gasteiger partial charge in [0, 0.05) is 29.5 Å². The average molecular weight is 351 g/mol. The number of benzene rings is 1. The van der Waals surface area contributed by atoms with Crippen molar-refractivity contribution >= 4 is 29.4 Å². The van der Waals surface area contributed by atoms with Crippen LogP contribution in [0.5, 0.6) is 0 Å². The first-order valence-corrected chi connectivity index (χ1v) is 8.43. The van der Waals surface area contributed by atoms with Crippen LogP contribution in [0.1, 0.15) is 36.0 Å². The zero-order valence-corrected chi connectivity index (χ0v) is 13.9.